The summed E-state index contributed by atoms with van der Waals surface area (Å²) in [4.78, 5) is 26.1. The number of nitrogens with one attached hydrogen (secondary N) is 2. The summed E-state index contributed by atoms with van der Waals surface area (Å²) in [6.45, 7) is 6.48. The van der Waals surface area contributed by atoms with Crippen LogP contribution >= 0.6 is 0 Å². The van der Waals surface area contributed by atoms with E-state index in [9.17, 15) is 9.59 Å². The van der Waals surface area contributed by atoms with E-state index in [4.69, 9.17) is 10.5 Å². The maximum absolute atomic E-state index is 12.1. The third kappa shape index (κ3) is 7.29. The first kappa shape index (κ1) is 22.6. The van der Waals surface area contributed by atoms with Crippen molar-refractivity contribution in [1.29, 1.82) is 0 Å². The van der Waals surface area contributed by atoms with Gasteiger partial charge in [-0.25, -0.2) is 4.79 Å². The van der Waals surface area contributed by atoms with Crippen LogP contribution in [-0.4, -0.2) is 43.0 Å². The Balaban J connectivity index is 1.37. The molecule has 1 heterocycles. The summed E-state index contributed by atoms with van der Waals surface area (Å²) < 4.78 is 5.75. The molecule has 0 spiro atoms. The van der Waals surface area contributed by atoms with Crippen molar-refractivity contribution in [3.63, 3.8) is 0 Å². The van der Waals surface area contributed by atoms with E-state index < -0.39 is 5.91 Å². The largest absolute Gasteiger partial charge is 0.457 e. The maximum Gasteiger partial charge on any atom is 0.319 e. The number of anilines is 1. The number of carbonyl (C=O) groups is 2. The highest BCUT2D eigenvalue weighted by molar-refractivity contribution is 5.95. The van der Waals surface area contributed by atoms with Crippen LogP contribution in [0.4, 0.5) is 10.5 Å². The number of ether oxygens (including phenoxy) is 1. The summed E-state index contributed by atoms with van der Waals surface area (Å²) in [7, 11) is 0. The average Bonchev–Trinajstić information content (AvgIpc) is 2.76. The molecule has 0 aliphatic carbocycles. The third-order valence-corrected chi connectivity index (χ3v) is 5.56. The minimum Gasteiger partial charge on any atom is -0.457 e. The minimum atomic E-state index is -0.545. The number of unbranched alkanes of at least 4 members (excludes halogenated alkanes) is 1. The molecule has 1 saturated heterocycles. The number of primary amides is 1. The van der Waals surface area contributed by atoms with Crippen LogP contribution in [0.25, 0.3) is 0 Å². The van der Waals surface area contributed by atoms with Crippen LogP contribution in [0.15, 0.2) is 48.5 Å². The van der Waals surface area contributed by atoms with Crippen LogP contribution < -0.4 is 21.1 Å². The molecule has 1 fully saturated rings. The second-order valence-electron chi connectivity index (χ2n) is 8.10. The van der Waals surface area contributed by atoms with E-state index in [1.165, 1.54) is 25.9 Å². The van der Waals surface area contributed by atoms with Gasteiger partial charge in [0.25, 0.3) is 5.91 Å². The molecule has 166 valence electrons. The van der Waals surface area contributed by atoms with Crippen molar-refractivity contribution in [2.45, 2.75) is 32.6 Å². The van der Waals surface area contributed by atoms with Crippen molar-refractivity contribution in [1.82, 2.24) is 10.2 Å². The van der Waals surface area contributed by atoms with Gasteiger partial charge in [0.15, 0.2) is 0 Å². The minimum absolute atomic E-state index is 0.223. The molecule has 0 saturated carbocycles. The molecule has 0 radical (unpaired) electrons. The summed E-state index contributed by atoms with van der Waals surface area (Å²) in [5.74, 6) is 1.25. The maximum atomic E-state index is 12.1. The van der Waals surface area contributed by atoms with Crippen LogP contribution in [-0.2, 0) is 0 Å². The number of para-hydroxylation sites is 1. The molecule has 7 heteroatoms. The highest BCUT2D eigenvalue weighted by atomic mass is 16.5. The average molecular weight is 425 g/mol. The van der Waals surface area contributed by atoms with Crippen molar-refractivity contribution in [3.05, 3.63) is 54.1 Å². The topological polar surface area (TPSA) is 96.7 Å². The normalized spacial score (nSPS) is 14.7. The SMILES string of the molecule is CC1CCN(CCCCNC(=O)Nc2ccc(Oc3ccccc3C(N)=O)cc2)CC1. The first-order valence-corrected chi connectivity index (χ1v) is 10.9. The molecule has 1 aliphatic heterocycles. The zero-order valence-electron chi connectivity index (χ0n) is 18.1. The molecule has 0 unspecified atom stereocenters. The Morgan fingerprint density at radius 3 is 2.48 bits per heavy atom. The smallest absolute Gasteiger partial charge is 0.319 e. The number of hydrogen-bond donors (Lipinski definition) is 3. The number of nitrogens with zero attached hydrogens (tertiary/aromatic N) is 1. The number of benzene rings is 2. The number of nitrogens with two attached hydrogens (primary N) is 1. The summed E-state index contributed by atoms with van der Waals surface area (Å²) in [6.07, 6.45) is 4.64. The first-order valence-electron chi connectivity index (χ1n) is 10.9. The fourth-order valence-electron chi connectivity index (χ4n) is 3.62. The molecule has 3 rings (SSSR count). The number of rotatable bonds is 9. The van der Waals surface area contributed by atoms with E-state index in [-0.39, 0.29) is 6.03 Å². The van der Waals surface area contributed by atoms with Gasteiger partial charge in [0.05, 0.1) is 5.56 Å². The van der Waals surface area contributed by atoms with Crippen molar-refractivity contribution in [2.24, 2.45) is 11.7 Å². The number of likely N-dealkylation sites (tertiary alicyclic amines) is 1. The van der Waals surface area contributed by atoms with E-state index in [2.05, 4.69) is 22.5 Å². The molecule has 31 heavy (non-hydrogen) atoms. The Kier molecular flexibility index (Phi) is 8.29. The van der Waals surface area contributed by atoms with Crippen LogP contribution in [0.1, 0.15) is 43.0 Å². The Morgan fingerprint density at radius 1 is 1.06 bits per heavy atom. The molecule has 7 nitrogen and oxygen atoms in total. The Hall–Kier alpha value is -3.06. The lowest BCUT2D eigenvalue weighted by Gasteiger charge is -2.30. The summed E-state index contributed by atoms with van der Waals surface area (Å²) >= 11 is 0. The monoisotopic (exact) mass is 424 g/mol. The molecule has 2 aromatic carbocycles. The van der Waals surface area contributed by atoms with Crippen molar-refractivity contribution in [2.75, 3.05) is 31.5 Å². The summed E-state index contributed by atoms with van der Waals surface area (Å²) in [5, 5.41) is 5.72. The van der Waals surface area contributed by atoms with Gasteiger partial charge in [0, 0.05) is 12.2 Å². The molecule has 3 amide bonds. The molecule has 0 atom stereocenters. The van der Waals surface area contributed by atoms with Gasteiger partial charge in [0.1, 0.15) is 11.5 Å². The standard InChI is InChI=1S/C24H32N4O3/c1-18-12-16-28(17-13-18)15-5-4-14-26-24(30)27-19-8-10-20(11-9-19)31-22-7-3-2-6-21(22)23(25)29/h2-3,6-11,18H,4-5,12-17H2,1H3,(H2,25,29)(H2,26,27,30). The molecule has 1 aliphatic rings. The summed E-state index contributed by atoms with van der Waals surface area (Å²) in [5.41, 5.74) is 6.35. The highest BCUT2D eigenvalue weighted by Crippen LogP contribution is 2.26. The third-order valence-electron chi connectivity index (χ3n) is 5.56. The molecule has 0 bridgehead atoms. The fourth-order valence-corrected chi connectivity index (χ4v) is 3.62. The molecular weight excluding hydrogens is 392 g/mol. The van der Waals surface area contributed by atoms with E-state index in [1.54, 1.807) is 48.5 Å². The molecule has 0 aromatic heterocycles. The van der Waals surface area contributed by atoms with E-state index in [0.717, 1.165) is 25.3 Å². The lowest BCUT2D eigenvalue weighted by molar-refractivity contribution is 0.0998. The Bertz CT molecular complexity index is 861. The van der Waals surface area contributed by atoms with Crippen molar-refractivity contribution < 1.29 is 14.3 Å². The molecule has 2 aromatic rings. The number of hydrogen-bond acceptors (Lipinski definition) is 4. The van der Waals surface area contributed by atoms with Crippen LogP contribution in [0.3, 0.4) is 0 Å². The molecule has 4 N–H and O–H groups in total. The van der Waals surface area contributed by atoms with Gasteiger partial charge in [-0.05, 0) is 87.6 Å². The Labute approximate surface area is 183 Å². The number of urea groups is 1. The zero-order valence-corrected chi connectivity index (χ0v) is 18.1. The predicted molar refractivity (Wildman–Crippen MR) is 123 cm³/mol. The van der Waals surface area contributed by atoms with Gasteiger partial charge in [-0.1, -0.05) is 19.1 Å². The zero-order chi connectivity index (χ0) is 22.1. The van der Waals surface area contributed by atoms with E-state index in [1.807, 2.05) is 0 Å². The lowest BCUT2D eigenvalue weighted by Crippen LogP contribution is -2.34. The number of amides is 3. The van der Waals surface area contributed by atoms with E-state index >= 15 is 0 Å². The number of piperidine rings is 1. The second kappa shape index (κ2) is 11.4. The van der Waals surface area contributed by atoms with Gasteiger partial charge in [0.2, 0.25) is 0 Å². The fraction of sp³-hybridized carbons (Fsp3) is 0.417. The van der Waals surface area contributed by atoms with E-state index in [0.29, 0.717) is 29.3 Å². The highest BCUT2D eigenvalue weighted by Gasteiger charge is 2.14. The van der Waals surface area contributed by atoms with Crippen molar-refractivity contribution in [3.8, 4) is 11.5 Å². The van der Waals surface area contributed by atoms with Gasteiger partial charge >= 0.3 is 6.03 Å². The first-order chi connectivity index (χ1) is 15.0. The van der Waals surface area contributed by atoms with Crippen LogP contribution in [0.5, 0.6) is 11.5 Å². The van der Waals surface area contributed by atoms with Crippen LogP contribution in [0, 0.1) is 5.92 Å². The van der Waals surface area contributed by atoms with Gasteiger partial charge in [-0.15, -0.1) is 0 Å². The predicted octanol–water partition coefficient (Wildman–Crippen LogP) is 4.21. The Morgan fingerprint density at radius 2 is 1.77 bits per heavy atom. The van der Waals surface area contributed by atoms with Gasteiger partial charge < -0.3 is 26.0 Å². The summed E-state index contributed by atoms with van der Waals surface area (Å²) in [6, 6.07) is 13.5. The van der Waals surface area contributed by atoms with Gasteiger partial charge in [-0.3, -0.25) is 4.79 Å². The number of carbonyl (C=O) groups excluding carboxylic acids is 2. The quantitative estimate of drug-likeness (QED) is 0.525. The molecular formula is C24H32N4O3. The van der Waals surface area contributed by atoms with Crippen LogP contribution in [0.2, 0.25) is 0 Å². The van der Waals surface area contributed by atoms with Gasteiger partial charge in [-0.2, -0.15) is 0 Å². The lowest BCUT2D eigenvalue weighted by atomic mass is 9.99. The second-order valence-corrected chi connectivity index (χ2v) is 8.10. The van der Waals surface area contributed by atoms with Crippen molar-refractivity contribution >= 4 is 17.6 Å².